The molecule has 1 saturated heterocycles. The monoisotopic (exact) mass is 481 g/mol. The number of anilines is 1. The number of carbonyl (C=O) groups excluding carboxylic acids is 1. The summed E-state index contributed by atoms with van der Waals surface area (Å²) in [6.07, 6.45) is 5.38. The molecule has 0 saturated carbocycles. The summed E-state index contributed by atoms with van der Waals surface area (Å²) in [6.45, 7) is 9.83. The Bertz CT molecular complexity index is 1330. The van der Waals surface area contributed by atoms with E-state index in [1.165, 1.54) is 16.6 Å². The van der Waals surface area contributed by atoms with E-state index in [9.17, 15) is 4.79 Å². The second kappa shape index (κ2) is 10.6. The predicted octanol–water partition coefficient (Wildman–Crippen LogP) is 5.78. The highest BCUT2D eigenvalue weighted by atomic mass is 16.1. The van der Waals surface area contributed by atoms with Gasteiger partial charge in [0.2, 0.25) is 0 Å². The fourth-order valence-corrected chi connectivity index (χ4v) is 5.19. The molecule has 0 unspecified atom stereocenters. The number of ketones is 1. The zero-order chi connectivity index (χ0) is 25.1. The van der Waals surface area contributed by atoms with E-state index in [0.717, 1.165) is 49.5 Å². The first-order valence-corrected chi connectivity index (χ1v) is 13.0. The van der Waals surface area contributed by atoms with E-state index >= 15 is 0 Å². The van der Waals surface area contributed by atoms with Gasteiger partial charge >= 0.3 is 0 Å². The Morgan fingerprint density at radius 2 is 1.81 bits per heavy atom. The lowest BCUT2D eigenvalue weighted by Gasteiger charge is -2.29. The molecule has 0 radical (unpaired) electrons. The number of hydrogen-bond donors (Lipinski definition) is 0. The lowest BCUT2D eigenvalue weighted by molar-refractivity contribution is -0.118. The van der Waals surface area contributed by atoms with Crippen molar-refractivity contribution in [3.8, 4) is 5.69 Å². The number of fused-ring (bicyclic) bond motifs is 1. The van der Waals surface area contributed by atoms with E-state index in [0.29, 0.717) is 12.3 Å². The van der Waals surface area contributed by atoms with Crippen LogP contribution in [-0.2, 0) is 4.79 Å². The normalized spacial score (nSPS) is 15.8. The molecule has 6 heteroatoms. The quantitative estimate of drug-likeness (QED) is 0.335. The molecule has 2 aromatic carbocycles. The van der Waals surface area contributed by atoms with Crippen molar-refractivity contribution < 1.29 is 4.79 Å². The second-order valence-corrected chi connectivity index (χ2v) is 10.1. The molecule has 186 valence electrons. The summed E-state index contributed by atoms with van der Waals surface area (Å²) < 4.78 is 1.90. The minimum Gasteiger partial charge on any atom is -0.368 e. The third-order valence-corrected chi connectivity index (χ3v) is 7.14. The molecule has 1 aliphatic rings. The molecule has 0 N–H and O–H groups in total. The summed E-state index contributed by atoms with van der Waals surface area (Å²) in [5, 5.41) is 6.08. The Balaban J connectivity index is 1.40. The molecule has 0 amide bonds. The maximum Gasteiger partial charge on any atom is 0.131 e. The molecule has 4 aromatic rings. The smallest absolute Gasteiger partial charge is 0.131 e. The fraction of sp³-hybridized carbons (Fsp3) is 0.367. The van der Waals surface area contributed by atoms with Gasteiger partial charge in [-0.1, -0.05) is 38.1 Å². The number of hydrogen-bond acceptors (Lipinski definition) is 5. The zero-order valence-electron chi connectivity index (χ0n) is 21.5. The van der Waals surface area contributed by atoms with Crippen molar-refractivity contribution in [2.75, 3.05) is 31.1 Å². The number of Topliss-reactive ketones (excluding diaryl/α,β-unsaturated/α-hetero) is 1. The van der Waals surface area contributed by atoms with Crippen LogP contribution in [0.3, 0.4) is 0 Å². The van der Waals surface area contributed by atoms with Gasteiger partial charge in [-0.15, -0.1) is 0 Å². The minimum absolute atomic E-state index is 0.0238. The van der Waals surface area contributed by atoms with Crippen LogP contribution in [-0.4, -0.2) is 51.6 Å². The average molecular weight is 482 g/mol. The molecule has 0 bridgehead atoms. The van der Waals surface area contributed by atoms with Gasteiger partial charge in [0.15, 0.2) is 0 Å². The third-order valence-electron chi connectivity index (χ3n) is 7.14. The van der Waals surface area contributed by atoms with Crippen LogP contribution in [0, 0.1) is 0 Å². The van der Waals surface area contributed by atoms with E-state index in [2.05, 4.69) is 47.9 Å². The molecule has 0 aliphatic carbocycles. The van der Waals surface area contributed by atoms with Crippen LogP contribution < -0.4 is 4.90 Å². The minimum atomic E-state index is -0.0238. The van der Waals surface area contributed by atoms with Crippen molar-refractivity contribution in [2.45, 2.75) is 45.6 Å². The summed E-state index contributed by atoms with van der Waals surface area (Å²) in [6, 6.07) is 20.9. The number of pyridine rings is 1. The first kappa shape index (κ1) is 24.2. The maximum absolute atomic E-state index is 12.3. The van der Waals surface area contributed by atoms with Gasteiger partial charge in [-0.05, 0) is 61.2 Å². The predicted molar refractivity (Wildman–Crippen MR) is 146 cm³/mol. The molecule has 1 aliphatic heterocycles. The number of carbonyl (C=O) groups is 1. The number of rotatable bonds is 7. The third kappa shape index (κ3) is 5.19. The molecule has 1 fully saturated rings. The lowest BCUT2D eigenvalue weighted by Crippen LogP contribution is -2.35. The number of nitrogens with zero attached hydrogens (tertiary/aromatic N) is 5. The molecule has 2 aromatic heterocycles. The number of para-hydroxylation sites is 1. The Hall–Kier alpha value is -3.51. The highest BCUT2D eigenvalue weighted by Gasteiger charge is 2.27. The van der Waals surface area contributed by atoms with Crippen molar-refractivity contribution >= 4 is 22.4 Å². The first-order valence-electron chi connectivity index (χ1n) is 13.0. The summed E-state index contributed by atoms with van der Waals surface area (Å²) in [4.78, 5) is 22.0. The van der Waals surface area contributed by atoms with Gasteiger partial charge in [0.05, 0.1) is 28.6 Å². The van der Waals surface area contributed by atoms with Gasteiger partial charge in [-0.25, -0.2) is 4.68 Å². The Morgan fingerprint density at radius 3 is 2.58 bits per heavy atom. The Labute approximate surface area is 213 Å². The van der Waals surface area contributed by atoms with E-state index < -0.39 is 0 Å². The topological polar surface area (TPSA) is 54.3 Å². The summed E-state index contributed by atoms with van der Waals surface area (Å²) in [7, 11) is 0. The van der Waals surface area contributed by atoms with E-state index in [1.54, 1.807) is 6.92 Å². The Morgan fingerprint density at radius 1 is 0.972 bits per heavy atom. The molecule has 5 rings (SSSR count). The summed E-state index contributed by atoms with van der Waals surface area (Å²) >= 11 is 0. The maximum atomic E-state index is 12.3. The van der Waals surface area contributed by atoms with Crippen molar-refractivity contribution in [1.29, 1.82) is 0 Å². The second-order valence-electron chi connectivity index (χ2n) is 10.1. The highest BCUT2D eigenvalue weighted by Crippen LogP contribution is 2.32. The van der Waals surface area contributed by atoms with Gasteiger partial charge in [0, 0.05) is 50.4 Å². The van der Waals surface area contributed by atoms with Crippen LogP contribution in [0.4, 0.5) is 5.69 Å². The zero-order valence-corrected chi connectivity index (χ0v) is 21.5. The van der Waals surface area contributed by atoms with Gasteiger partial charge in [0.1, 0.15) is 5.78 Å². The van der Waals surface area contributed by atoms with Gasteiger partial charge < -0.3 is 4.90 Å². The van der Waals surface area contributed by atoms with E-state index in [-0.39, 0.29) is 11.8 Å². The van der Waals surface area contributed by atoms with Crippen LogP contribution in [0.5, 0.6) is 0 Å². The van der Waals surface area contributed by atoms with Crippen LogP contribution in [0.2, 0.25) is 0 Å². The molecule has 3 heterocycles. The molecule has 0 spiro atoms. The average Bonchev–Trinajstić information content (AvgIpc) is 3.25. The van der Waals surface area contributed by atoms with Crippen molar-refractivity contribution in [3.05, 3.63) is 84.3 Å². The molecule has 36 heavy (non-hydrogen) atoms. The lowest BCUT2D eigenvalue weighted by atomic mass is 9.99. The number of aromatic nitrogens is 3. The van der Waals surface area contributed by atoms with E-state index in [4.69, 9.17) is 10.1 Å². The largest absolute Gasteiger partial charge is 0.368 e. The number of benzene rings is 2. The van der Waals surface area contributed by atoms with Crippen molar-refractivity contribution in [2.24, 2.45) is 0 Å². The standard InChI is InChI=1S/C30H35N5O/c1-22(2)25-20-24-9-7-13-31-30(24)29(21-25)34-15-8-14-33(17-18-34)28(19-23(3)36)27-12-16-35(32-27)26-10-5-4-6-11-26/h4-7,9-13,16,20-22,28H,8,14-15,17-19H2,1-3H3/t28-/m1/s1. The summed E-state index contributed by atoms with van der Waals surface area (Å²) in [5.74, 6) is 0.645. The van der Waals surface area contributed by atoms with Crippen LogP contribution in [0.25, 0.3) is 16.6 Å². The summed E-state index contributed by atoms with van der Waals surface area (Å²) in [5.41, 5.74) is 5.60. The van der Waals surface area contributed by atoms with Gasteiger partial charge in [0.25, 0.3) is 0 Å². The van der Waals surface area contributed by atoms with Crippen molar-refractivity contribution in [1.82, 2.24) is 19.7 Å². The Kier molecular flexibility index (Phi) is 7.14. The SMILES string of the molecule is CC(=O)C[C@H](c1ccn(-c2ccccc2)n1)N1CCCN(c2cc(C(C)C)cc3cccnc23)CC1. The molecular formula is C30H35N5O. The van der Waals surface area contributed by atoms with Crippen LogP contribution in [0.1, 0.15) is 56.8 Å². The molecular weight excluding hydrogens is 446 g/mol. The van der Waals surface area contributed by atoms with Crippen molar-refractivity contribution in [3.63, 3.8) is 0 Å². The van der Waals surface area contributed by atoms with Crippen LogP contribution >= 0.6 is 0 Å². The highest BCUT2D eigenvalue weighted by molar-refractivity contribution is 5.91. The van der Waals surface area contributed by atoms with Crippen LogP contribution in [0.15, 0.2) is 73.1 Å². The molecule has 1 atom stereocenters. The van der Waals surface area contributed by atoms with E-state index in [1.807, 2.05) is 53.5 Å². The molecule has 6 nitrogen and oxygen atoms in total. The first-order chi connectivity index (χ1) is 17.5. The van der Waals surface area contributed by atoms with Gasteiger partial charge in [-0.3, -0.25) is 14.7 Å². The van der Waals surface area contributed by atoms with Gasteiger partial charge in [-0.2, -0.15) is 5.10 Å². The fourth-order valence-electron chi connectivity index (χ4n) is 5.19.